The molecule has 0 radical (unpaired) electrons. The van der Waals surface area contributed by atoms with Crippen LogP contribution in [0.1, 0.15) is 41.0 Å². The number of carbonyl (C=O) groups excluding carboxylic acids is 1. The zero-order valence-electron chi connectivity index (χ0n) is 13.5. The zero-order valence-corrected chi connectivity index (χ0v) is 14.2. The summed E-state index contributed by atoms with van der Waals surface area (Å²) in [6, 6.07) is 8.58. The molecule has 0 saturated carbocycles. The lowest BCUT2D eigenvalue weighted by Gasteiger charge is -2.32. The van der Waals surface area contributed by atoms with Crippen molar-refractivity contribution in [1.29, 1.82) is 0 Å². The van der Waals surface area contributed by atoms with Gasteiger partial charge in [-0.2, -0.15) is 0 Å². The number of ether oxygens (including phenoxy) is 1. The van der Waals surface area contributed by atoms with E-state index in [4.69, 9.17) is 16.3 Å². The third-order valence-electron chi connectivity index (χ3n) is 4.86. The van der Waals surface area contributed by atoms with Gasteiger partial charge in [0.1, 0.15) is 5.75 Å². The standard InChI is InChI=1S/C19H15ClFNO2/c1-19(2)12-8-9(24-3)4-5-10(12)17(23)14-11-6-7-13(20)15(21)16(11)22-18(14)19/h4-8,22H,1-3H3. The molecule has 24 heavy (non-hydrogen) atoms. The van der Waals surface area contributed by atoms with Gasteiger partial charge in [0.25, 0.3) is 0 Å². The molecule has 0 fully saturated rings. The zero-order chi connectivity index (χ0) is 17.2. The predicted octanol–water partition coefficient (Wildman–Crippen LogP) is 4.84. The number of hydrogen-bond acceptors (Lipinski definition) is 2. The number of halogens is 2. The first-order chi connectivity index (χ1) is 11.4. The van der Waals surface area contributed by atoms with E-state index in [9.17, 15) is 9.18 Å². The molecule has 2 aromatic carbocycles. The number of ketones is 1. The molecular formula is C19H15ClFNO2. The van der Waals surface area contributed by atoms with Gasteiger partial charge in [-0.05, 0) is 29.8 Å². The Kier molecular flexibility index (Phi) is 3.06. The monoisotopic (exact) mass is 343 g/mol. The van der Waals surface area contributed by atoms with Crippen molar-refractivity contribution in [3.8, 4) is 5.75 Å². The van der Waals surface area contributed by atoms with Crippen molar-refractivity contribution in [2.24, 2.45) is 0 Å². The quantitative estimate of drug-likeness (QED) is 0.687. The summed E-state index contributed by atoms with van der Waals surface area (Å²) in [5.41, 5.74) is 2.47. The number of hydrogen-bond donors (Lipinski definition) is 1. The fourth-order valence-corrected chi connectivity index (χ4v) is 3.70. The van der Waals surface area contributed by atoms with Crippen molar-refractivity contribution in [3.63, 3.8) is 0 Å². The molecule has 0 bridgehead atoms. The SMILES string of the molecule is COc1ccc2c(c1)C(C)(C)c1[nH]c3c(F)c(Cl)ccc3c1C2=O. The normalized spacial score (nSPS) is 15.3. The molecule has 5 heteroatoms. The number of rotatable bonds is 1. The number of aromatic nitrogens is 1. The molecule has 122 valence electrons. The van der Waals surface area contributed by atoms with Crippen LogP contribution in [0.15, 0.2) is 30.3 Å². The van der Waals surface area contributed by atoms with Crippen LogP contribution in [0.2, 0.25) is 5.02 Å². The van der Waals surface area contributed by atoms with E-state index in [-0.39, 0.29) is 16.3 Å². The highest BCUT2D eigenvalue weighted by molar-refractivity contribution is 6.32. The molecule has 0 amide bonds. The van der Waals surface area contributed by atoms with Crippen molar-refractivity contribution in [1.82, 2.24) is 4.98 Å². The number of fused-ring (bicyclic) bond motifs is 4. The van der Waals surface area contributed by atoms with Crippen molar-refractivity contribution in [2.45, 2.75) is 19.3 Å². The average molecular weight is 344 g/mol. The van der Waals surface area contributed by atoms with Crippen LogP contribution < -0.4 is 4.74 Å². The van der Waals surface area contributed by atoms with E-state index in [0.29, 0.717) is 28.0 Å². The third-order valence-corrected chi connectivity index (χ3v) is 5.15. The Labute approximate surface area is 143 Å². The van der Waals surface area contributed by atoms with Crippen molar-refractivity contribution in [2.75, 3.05) is 7.11 Å². The van der Waals surface area contributed by atoms with Gasteiger partial charge in [0.2, 0.25) is 0 Å². The summed E-state index contributed by atoms with van der Waals surface area (Å²) in [4.78, 5) is 16.2. The van der Waals surface area contributed by atoms with Gasteiger partial charge in [0.05, 0.1) is 23.2 Å². The lowest BCUT2D eigenvalue weighted by atomic mass is 9.71. The molecule has 3 aromatic rings. The minimum atomic E-state index is -0.534. The fourth-order valence-electron chi connectivity index (χ4n) is 3.54. The summed E-state index contributed by atoms with van der Waals surface area (Å²) in [5.74, 6) is 0.0344. The van der Waals surface area contributed by atoms with E-state index in [1.54, 1.807) is 25.3 Å². The Morgan fingerprint density at radius 3 is 2.67 bits per heavy atom. The minimum Gasteiger partial charge on any atom is -0.497 e. The highest BCUT2D eigenvalue weighted by Gasteiger charge is 2.40. The Bertz CT molecular complexity index is 1020. The number of benzene rings is 2. The Morgan fingerprint density at radius 1 is 1.21 bits per heavy atom. The lowest BCUT2D eigenvalue weighted by molar-refractivity contribution is 0.103. The molecule has 1 aliphatic carbocycles. The molecule has 0 spiro atoms. The van der Waals surface area contributed by atoms with E-state index < -0.39 is 11.2 Å². The summed E-state index contributed by atoms with van der Waals surface area (Å²) < 4.78 is 19.7. The first kappa shape index (κ1) is 15.2. The second-order valence-electron chi connectivity index (χ2n) is 6.52. The van der Waals surface area contributed by atoms with Crippen LogP contribution >= 0.6 is 11.6 Å². The predicted molar refractivity (Wildman–Crippen MR) is 91.8 cm³/mol. The van der Waals surface area contributed by atoms with Gasteiger partial charge in [-0.15, -0.1) is 0 Å². The lowest BCUT2D eigenvalue weighted by Crippen LogP contribution is -2.30. The summed E-state index contributed by atoms with van der Waals surface area (Å²) in [6.07, 6.45) is 0. The number of carbonyl (C=O) groups is 1. The van der Waals surface area contributed by atoms with E-state index in [2.05, 4.69) is 4.98 Å². The van der Waals surface area contributed by atoms with E-state index in [1.165, 1.54) is 6.07 Å². The maximum Gasteiger partial charge on any atom is 0.195 e. The van der Waals surface area contributed by atoms with Crippen molar-refractivity contribution < 1.29 is 13.9 Å². The molecule has 0 saturated heterocycles. The van der Waals surface area contributed by atoms with E-state index in [0.717, 1.165) is 5.56 Å². The minimum absolute atomic E-state index is 0.0329. The Balaban J connectivity index is 2.10. The average Bonchev–Trinajstić information content (AvgIpc) is 2.97. The molecule has 1 aliphatic rings. The Hall–Kier alpha value is -2.33. The topological polar surface area (TPSA) is 42.1 Å². The smallest absolute Gasteiger partial charge is 0.195 e. The van der Waals surface area contributed by atoms with Crippen LogP contribution in [0.25, 0.3) is 10.9 Å². The molecule has 4 rings (SSSR count). The van der Waals surface area contributed by atoms with Gasteiger partial charge in [-0.3, -0.25) is 4.79 Å². The van der Waals surface area contributed by atoms with Crippen molar-refractivity contribution >= 4 is 28.3 Å². The van der Waals surface area contributed by atoms with E-state index >= 15 is 0 Å². The van der Waals surface area contributed by atoms with Crippen molar-refractivity contribution in [3.05, 3.63) is 63.6 Å². The number of methoxy groups -OCH3 is 1. The Morgan fingerprint density at radius 2 is 1.96 bits per heavy atom. The summed E-state index contributed by atoms with van der Waals surface area (Å²) in [5, 5.41) is 0.594. The van der Waals surface area contributed by atoms with Gasteiger partial charge in [-0.1, -0.05) is 31.5 Å². The maximum atomic E-state index is 14.4. The summed E-state index contributed by atoms with van der Waals surface area (Å²) in [7, 11) is 1.59. The maximum absolute atomic E-state index is 14.4. The second kappa shape index (κ2) is 4.84. The van der Waals surface area contributed by atoms with E-state index in [1.807, 2.05) is 19.9 Å². The van der Waals surface area contributed by atoms with Crippen LogP contribution in [-0.2, 0) is 5.41 Å². The molecular weight excluding hydrogens is 329 g/mol. The van der Waals surface area contributed by atoms with Crippen LogP contribution in [0.5, 0.6) is 5.75 Å². The van der Waals surface area contributed by atoms with Gasteiger partial charge in [-0.25, -0.2) is 4.39 Å². The molecule has 3 nitrogen and oxygen atoms in total. The summed E-state index contributed by atoms with van der Waals surface area (Å²) >= 11 is 5.89. The number of nitrogens with one attached hydrogen (secondary N) is 1. The molecule has 0 atom stereocenters. The number of aromatic amines is 1. The van der Waals surface area contributed by atoms with Crippen LogP contribution in [0.3, 0.4) is 0 Å². The van der Waals surface area contributed by atoms with Gasteiger partial charge >= 0.3 is 0 Å². The van der Waals surface area contributed by atoms with Crippen LogP contribution in [-0.4, -0.2) is 17.9 Å². The van der Waals surface area contributed by atoms with Gasteiger partial charge in [0, 0.05) is 22.1 Å². The second-order valence-corrected chi connectivity index (χ2v) is 6.93. The molecule has 0 unspecified atom stereocenters. The molecule has 1 N–H and O–H groups in total. The molecule has 1 aromatic heterocycles. The van der Waals surface area contributed by atoms with Gasteiger partial charge < -0.3 is 9.72 Å². The van der Waals surface area contributed by atoms with Gasteiger partial charge in [0.15, 0.2) is 11.6 Å². The van der Waals surface area contributed by atoms with Crippen LogP contribution in [0.4, 0.5) is 4.39 Å². The van der Waals surface area contributed by atoms with Crippen LogP contribution in [0, 0.1) is 5.82 Å². The largest absolute Gasteiger partial charge is 0.497 e. The highest BCUT2D eigenvalue weighted by atomic mass is 35.5. The first-order valence-electron chi connectivity index (χ1n) is 7.59. The highest BCUT2D eigenvalue weighted by Crippen LogP contribution is 2.45. The molecule has 0 aliphatic heterocycles. The number of H-pyrrole nitrogens is 1. The fraction of sp³-hybridized carbons (Fsp3) is 0.211. The third kappa shape index (κ3) is 1.80. The molecule has 1 heterocycles. The first-order valence-corrected chi connectivity index (χ1v) is 7.97. The summed E-state index contributed by atoms with van der Waals surface area (Å²) in [6.45, 7) is 4.01.